The molecule has 84 valence electrons. The van der Waals surface area contributed by atoms with Crippen LogP contribution in [0.4, 0.5) is 5.82 Å². The lowest BCUT2D eigenvalue weighted by molar-refractivity contribution is 0.348. The van der Waals surface area contributed by atoms with E-state index in [0.717, 1.165) is 5.82 Å². The fourth-order valence-corrected chi connectivity index (χ4v) is 2.22. The van der Waals surface area contributed by atoms with Crippen molar-refractivity contribution < 1.29 is 0 Å². The van der Waals surface area contributed by atoms with Gasteiger partial charge >= 0.3 is 0 Å². The molecule has 0 aromatic carbocycles. The van der Waals surface area contributed by atoms with Crippen molar-refractivity contribution in [1.82, 2.24) is 9.97 Å². The van der Waals surface area contributed by atoms with Gasteiger partial charge in [-0.25, -0.2) is 9.97 Å². The molecule has 0 aliphatic heterocycles. The van der Waals surface area contributed by atoms with Gasteiger partial charge in [0.2, 0.25) is 0 Å². The molecular weight excluding hydrogens is 200 g/mol. The van der Waals surface area contributed by atoms with Gasteiger partial charge in [-0.05, 0) is 19.8 Å². The third-order valence-corrected chi connectivity index (χ3v) is 3.15. The van der Waals surface area contributed by atoms with E-state index in [4.69, 9.17) is 5.26 Å². The van der Waals surface area contributed by atoms with Crippen LogP contribution in [0.15, 0.2) is 12.4 Å². The van der Waals surface area contributed by atoms with Gasteiger partial charge in [0.05, 0.1) is 12.4 Å². The molecule has 1 fully saturated rings. The third kappa shape index (κ3) is 2.48. The number of anilines is 1. The lowest BCUT2D eigenvalue weighted by atomic mass is 9.83. The predicted molar refractivity (Wildman–Crippen MR) is 61.9 cm³/mol. The summed E-state index contributed by atoms with van der Waals surface area (Å²) in [6, 6.07) is 1.97. The van der Waals surface area contributed by atoms with E-state index in [0.29, 0.717) is 5.69 Å². The van der Waals surface area contributed by atoms with Gasteiger partial charge in [-0.2, -0.15) is 5.26 Å². The van der Waals surface area contributed by atoms with Crippen LogP contribution < -0.4 is 5.32 Å². The predicted octanol–water partition coefficient (Wildman–Crippen LogP) is 2.48. The van der Waals surface area contributed by atoms with E-state index in [1.54, 1.807) is 6.20 Å². The minimum atomic E-state index is 0.140. The highest BCUT2D eigenvalue weighted by atomic mass is 15.1. The number of aromatic nitrogens is 2. The molecule has 0 unspecified atom stereocenters. The second-order valence-electron chi connectivity index (χ2n) is 4.65. The number of rotatable bonds is 2. The topological polar surface area (TPSA) is 61.6 Å². The third-order valence-electron chi connectivity index (χ3n) is 3.15. The Bertz CT molecular complexity index is 384. The first-order valence-electron chi connectivity index (χ1n) is 5.72. The standard InChI is InChI=1S/C12H16N4/c1-12(5-3-2-4-6-12)16-11-9-14-10(7-13)8-15-11/h8-9H,2-6H2,1H3,(H,15,16). The summed E-state index contributed by atoms with van der Waals surface area (Å²) in [5, 5.41) is 12.1. The molecule has 0 atom stereocenters. The van der Waals surface area contributed by atoms with Gasteiger partial charge in [-0.15, -0.1) is 0 Å². The molecule has 0 spiro atoms. The Morgan fingerprint density at radius 3 is 2.56 bits per heavy atom. The van der Waals surface area contributed by atoms with Crippen molar-refractivity contribution >= 4 is 5.82 Å². The normalized spacial score (nSPS) is 18.8. The van der Waals surface area contributed by atoms with E-state index in [1.807, 2.05) is 6.07 Å². The quantitative estimate of drug-likeness (QED) is 0.825. The summed E-state index contributed by atoms with van der Waals surface area (Å²) in [6.45, 7) is 2.23. The van der Waals surface area contributed by atoms with Crippen molar-refractivity contribution in [2.75, 3.05) is 5.32 Å². The number of nitriles is 1. The Labute approximate surface area is 95.7 Å². The van der Waals surface area contributed by atoms with Crippen LogP contribution >= 0.6 is 0 Å². The molecule has 1 aromatic rings. The van der Waals surface area contributed by atoms with Crippen LogP contribution in [0.3, 0.4) is 0 Å². The van der Waals surface area contributed by atoms with E-state index < -0.39 is 0 Å². The van der Waals surface area contributed by atoms with Crippen molar-refractivity contribution in [3.05, 3.63) is 18.1 Å². The fraction of sp³-hybridized carbons (Fsp3) is 0.583. The van der Waals surface area contributed by atoms with Crippen molar-refractivity contribution in [2.24, 2.45) is 0 Å². The Kier molecular flexibility index (Phi) is 3.04. The second kappa shape index (κ2) is 4.48. The smallest absolute Gasteiger partial charge is 0.158 e. The van der Waals surface area contributed by atoms with Crippen molar-refractivity contribution in [3.8, 4) is 6.07 Å². The highest BCUT2D eigenvalue weighted by Gasteiger charge is 2.26. The van der Waals surface area contributed by atoms with E-state index in [1.165, 1.54) is 38.3 Å². The molecule has 1 N–H and O–H groups in total. The van der Waals surface area contributed by atoms with Gasteiger partial charge in [0.1, 0.15) is 11.9 Å². The lowest BCUT2D eigenvalue weighted by Gasteiger charge is -2.34. The Morgan fingerprint density at radius 1 is 1.25 bits per heavy atom. The molecule has 16 heavy (non-hydrogen) atoms. The molecule has 1 aliphatic rings. The largest absolute Gasteiger partial charge is 0.364 e. The van der Waals surface area contributed by atoms with Crippen LogP contribution in [0.5, 0.6) is 0 Å². The summed E-state index contributed by atoms with van der Waals surface area (Å²) in [6.07, 6.45) is 9.37. The first kappa shape index (κ1) is 10.9. The monoisotopic (exact) mass is 216 g/mol. The molecule has 4 nitrogen and oxygen atoms in total. The molecular formula is C12H16N4. The first-order valence-corrected chi connectivity index (χ1v) is 5.72. The van der Waals surface area contributed by atoms with Crippen LogP contribution in [0, 0.1) is 11.3 Å². The molecule has 2 rings (SSSR count). The van der Waals surface area contributed by atoms with Crippen LogP contribution in [-0.2, 0) is 0 Å². The van der Waals surface area contributed by atoms with E-state index in [9.17, 15) is 0 Å². The molecule has 1 saturated carbocycles. The van der Waals surface area contributed by atoms with Crippen molar-refractivity contribution in [3.63, 3.8) is 0 Å². The number of nitrogens with zero attached hydrogens (tertiary/aromatic N) is 3. The number of hydrogen-bond acceptors (Lipinski definition) is 4. The van der Waals surface area contributed by atoms with Crippen LogP contribution in [0.1, 0.15) is 44.7 Å². The van der Waals surface area contributed by atoms with Gasteiger partial charge in [-0.3, -0.25) is 0 Å². The lowest BCUT2D eigenvalue weighted by Crippen LogP contribution is -2.37. The van der Waals surface area contributed by atoms with Crippen LogP contribution in [0.25, 0.3) is 0 Å². The molecule has 1 aromatic heterocycles. The van der Waals surface area contributed by atoms with Gasteiger partial charge in [0.25, 0.3) is 0 Å². The van der Waals surface area contributed by atoms with Crippen molar-refractivity contribution in [1.29, 1.82) is 5.26 Å². The maximum Gasteiger partial charge on any atom is 0.158 e. The molecule has 1 heterocycles. The molecule has 0 amide bonds. The van der Waals surface area contributed by atoms with Crippen LogP contribution in [-0.4, -0.2) is 15.5 Å². The minimum Gasteiger partial charge on any atom is -0.364 e. The Hall–Kier alpha value is -1.63. The average Bonchev–Trinajstić information content (AvgIpc) is 2.30. The second-order valence-corrected chi connectivity index (χ2v) is 4.65. The van der Waals surface area contributed by atoms with Gasteiger partial charge in [0.15, 0.2) is 5.69 Å². The molecule has 4 heteroatoms. The van der Waals surface area contributed by atoms with E-state index in [-0.39, 0.29) is 5.54 Å². The SMILES string of the molecule is CC1(Nc2cnc(C#N)cn2)CCCCC1. The zero-order valence-electron chi connectivity index (χ0n) is 9.53. The summed E-state index contributed by atoms with van der Waals surface area (Å²) in [4.78, 5) is 8.20. The summed E-state index contributed by atoms with van der Waals surface area (Å²) in [5.74, 6) is 0.767. The van der Waals surface area contributed by atoms with Gasteiger partial charge in [0, 0.05) is 5.54 Å². The minimum absolute atomic E-state index is 0.140. The highest BCUT2D eigenvalue weighted by molar-refractivity contribution is 5.36. The number of nitrogens with one attached hydrogen (secondary N) is 1. The van der Waals surface area contributed by atoms with E-state index >= 15 is 0 Å². The maximum absolute atomic E-state index is 8.63. The highest BCUT2D eigenvalue weighted by Crippen LogP contribution is 2.30. The maximum atomic E-state index is 8.63. The molecule has 1 aliphatic carbocycles. The average molecular weight is 216 g/mol. The summed E-state index contributed by atoms with van der Waals surface area (Å²) < 4.78 is 0. The fourth-order valence-electron chi connectivity index (χ4n) is 2.22. The van der Waals surface area contributed by atoms with E-state index in [2.05, 4.69) is 22.2 Å². The molecule has 0 radical (unpaired) electrons. The van der Waals surface area contributed by atoms with Crippen molar-refractivity contribution in [2.45, 2.75) is 44.6 Å². The van der Waals surface area contributed by atoms with Gasteiger partial charge in [-0.1, -0.05) is 19.3 Å². The Balaban J connectivity index is 2.05. The Morgan fingerprint density at radius 2 is 2.00 bits per heavy atom. The summed E-state index contributed by atoms with van der Waals surface area (Å²) in [5.41, 5.74) is 0.500. The summed E-state index contributed by atoms with van der Waals surface area (Å²) in [7, 11) is 0. The van der Waals surface area contributed by atoms with Crippen LogP contribution in [0.2, 0.25) is 0 Å². The molecule has 0 saturated heterocycles. The molecule has 0 bridgehead atoms. The van der Waals surface area contributed by atoms with Gasteiger partial charge < -0.3 is 5.32 Å². The first-order chi connectivity index (χ1) is 7.72. The zero-order valence-corrected chi connectivity index (χ0v) is 9.53. The number of hydrogen-bond donors (Lipinski definition) is 1. The summed E-state index contributed by atoms with van der Waals surface area (Å²) >= 11 is 0. The zero-order chi connectivity index (χ0) is 11.4.